The van der Waals surface area contributed by atoms with Crippen LogP contribution in [0.25, 0.3) is 0 Å². The number of hydrogen-bond donors (Lipinski definition) is 0. The first kappa shape index (κ1) is 12.7. The van der Waals surface area contributed by atoms with Gasteiger partial charge in [0.1, 0.15) is 5.82 Å². The third-order valence-corrected chi connectivity index (χ3v) is 3.84. The van der Waals surface area contributed by atoms with Gasteiger partial charge in [-0.25, -0.2) is 4.98 Å². The number of nitriles is 1. The summed E-state index contributed by atoms with van der Waals surface area (Å²) in [5.74, 6) is 0.876. The molecule has 1 aromatic carbocycles. The molecule has 1 aromatic heterocycles. The van der Waals surface area contributed by atoms with Gasteiger partial charge in [-0.15, -0.1) is 0 Å². The van der Waals surface area contributed by atoms with Crippen molar-refractivity contribution in [1.82, 2.24) is 4.98 Å². The number of hydrogen-bond acceptors (Lipinski definition) is 3. The van der Waals surface area contributed by atoms with Gasteiger partial charge in [-0.1, -0.05) is 18.2 Å². The van der Waals surface area contributed by atoms with E-state index >= 15 is 0 Å². The van der Waals surface area contributed by atoms with Gasteiger partial charge in [0.25, 0.3) is 0 Å². The van der Waals surface area contributed by atoms with Crippen LogP contribution in [0.2, 0.25) is 0 Å². The Labute approximate surface area is 119 Å². The van der Waals surface area contributed by atoms with Gasteiger partial charge >= 0.3 is 0 Å². The predicted molar refractivity (Wildman–Crippen MR) is 80.1 cm³/mol. The van der Waals surface area contributed by atoms with Gasteiger partial charge in [0.2, 0.25) is 0 Å². The van der Waals surface area contributed by atoms with Gasteiger partial charge in [-0.2, -0.15) is 5.26 Å². The molecule has 0 spiro atoms. The van der Waals surface area contributed by atoms with Crippen LogP contribution in [0.3, 0.4) is 0 Å². The van der Waals surface area contributed by atoms with Crippen LogP contribution < -0.4 is 4.90 Å². The highest BCUT2D eigenvalue weighted by Crippen LogP contribution is 2.36. The highest BCUT2D eigenvalue weighted by Gasteiger charge is 2.25. The average Bonchev–Trinajstić information content (AvgIpc) is 2.46. The Morgan fingerprint density at radius 3 is 2.90 bits per heavy atom. The molecule has 0 fully saturated rings. The van der Waals surface area contributed by atoms with Gasteiger partial charge in [0.05, 0.1) is 11.6 Å². The van der Waals surface area contributed by atoms with E-state index in [4.69, 9.17) is 5.26 Å². The Morgan fingerprint density at radius 1 is 1.30 bits per heavy atom. The monoisotopic (exact) mass is 263 g/mol. The quantitative estimate of drug-likeness (QED) is 0.787. The predicted octanol–water partition coefficient (Wildman–Crippen LogP) is 3.73. The van der Waals surface area contributed by atoms with Crippen LogP contribution in [-0.2, 0) is 6.42 Å². The smallest absolute Gasteiger partial charge is 0.134 e. The van der Waals surface area contributed by atoms with E-state index in [1.54, 1.807) is 0 Å². The molecule has 2 heterocycles. The Kier molecular flexibility index (Phi) is 3.15. The Balaban J connectivity index is 2.14. The summed E-state index contributed by atoms with van der Waals surface area (Å²) < 4.78 is 0. The van der Waals surface area contributed by atoms with Crippen LogP contribution in [0, 0.1) is 18.3 Å². The lowest BCUT2D eigenvalue weighted by atomic mass is 9.96. The average molecular weight is 263 g/mol. The third kappa shape index (κ3) is 2.14. The zero-order chi connectivity index (χ0) is 14.1. The van der Waals surface area contributed by atoms with Gasteiger partial charge in [0.15, 0.2) is 0 Å². The second kappa shape index (κ2) is 4.97. The molecule has 0 saturated carbocycles. The lowest BCUT2D eigenvalue weighted by Crippen LogP contribution is -2.33. The number of nitrogens with zero attached hydrogens (tertiary/aromatic N) is 3. The fourth-order valence-electron chi connectivity index (χ4n) is 2.88. The van der Waals surface area contributed by atoms with E-state index in [1.807, 2.05) is 19.1 Å². The van der Waals surface area contributed by atoms with Crippen molar-refractivity contribution in [3.05, 3.63) is 53.2 Å². The maximum Gasteiger partial charge on any atom is 0.134 e. The van der Waals surface area contributed by atoms with Crippen molar-refractivity contribution in [2.75, 3.05) is 4.90 Å². The van der Waals surface area contributed by atoms with E-state index in [0.717, 1.165) is 24.4 Å². The molecule has 2 aromatic rings. The lowest BCUT2D eigenvalue weighted by Gasteiger charge is -2.36. The van der Waals surface area contributed by atoms with Crippen LogP contribution in [0.15, 0.2) is 36.4 Å². The van der Waals surface area contributed by atoms with Gasteiger partial charge in [0, 0.05) is 17.4 Å². The molecular formula is C17H17N3. The fourth-order valence-corrected chi connectivity index (χ4v) is 2.88. The van der Waals surface area contributed by atoms with Crippen molar-refractivity contribution in [2.45, 2.75) is 32.7 Å². The summed E-state index contributed by atoms with van der Waals surface area (Å²) in [6, 6.07) is 14.8. The lowest BCUT2D eigenvalue weighted by molar-refractivity contribution is 0.613. The van der Waals surface area contributed by atoms with E-state index in [1.165, 1.54) is 11.3 Å². The largest absolute Gasteiger partial charge is 0.323 e. The highest BCUT2D eigenvalue weighted by atomic mass is 15.2. The number of fused-ring (bicyclic) bond motifs is 1. The first-order chi connectivity index (χ1) is 9.69. The Bertz CT molecular complexity index is 685. The van der Waals surface area contributed by atoms with Gasteiger partial charge in [-0.3, -0.25) is 0 Å². The first-order valence-corrected chi connectivity index (χ1v) is 6.95. The standard InChI is InChI=1S/C17H17N3/c1-12-9-14(11-18)10-17(19-12)20-13(2)7-8-15-5-3-4-6-16(15)20/h3-6,9-10,13H,7-8H2,1-2H3. The maximum atomic E-state index is 9.15. The molecule has 0 saturated heterocycles. The molecule has 1 aliphatic heterocycles. The van der Waals surface area contributed by atoms with E-state index in [0.29, 0.717) is 11.6 Å². The van der Waals surface area contributed by atoms with Crippen LogP contribution >= 0.6 is 0 Å². The molecule has 0 N–H and O–H groups in total. The molecule has 3 heteroatoms. The maximum absolute atomic E-state index is 9.15. The molecule has 20 heavy (non-hydrogen) atoms. The summed E-state index contributed by atoms with van der Waals surface area (Å²) >= 11 is 0. The minimum absolute atomic E-state index is 0.394. The highest BCUT2D eigenvalue weighted by molar-refractivity contribution is 5.67. The summed E-state index contributed by atoms with van der Waals surface area (Å²) in [4.78, 5) is 6.89. The van der Waals surface area contributed by atoms with Crippen molar-refractivity contribution in [3.8, 4) is 6.07 Å². The van der Waals surface area contributed by atoms with E-state index in [9.17, 15) is 0 Å². The molecule has 1 unspecified atom stereocenters. The van der Waals surface area contributed by atoms with E-state index < -0.39 is 0 Å². The second-order valence-electron chi connectivity index (χ2n) is 5.35. The van der Waals surface area contributed by atoms with Crippen LogP contribution in [0.5, 0.6) is 0 Å². The molecule has 1 atom stereocenters. The van der Waals surface area contributed by atoms with Gasteiger partial charge < -0.3 is 4.90 Å². The summed E-state index contributed by atoms with van der Waals surface area (Å²) in [5, 5.41) is 9.15. The summed E-state index contributed by atoms with van der Waals surface area (Å²) in [6.45, 7) is 4.15. The number of pyridine rings is 1. The third-order valence-electron chi connectivity index (χ3n) is 3.84. The minimum atomic E-state index is 0.394. The molecule has 0 aliphatic carbocycles. The molecular weight excluding hydrogens is 246 g/mol. The summed E-state index contributed by atoms with van der Waals surface area (Å²) in [7, 11) is 0. The van der Waals surface area contributed by atoms with Crippen LogP contribution in [0.4, 0.5) is 11.5 Å². The molecule has 100 valence electrons. The van der Waals surface area contributed by atoms with Crippen molar-refractivity contribution in [3.63, 3.8) is 0 Å². The van der Waals surface area contributed by atoms with Crippen molar-refractivity contribution in [1.29, 1.82) is 5.26 Å². The van der Waals surface area contributed by atoms with Crippen molar-refractivity contribution < 1.29 is 0 Å². The van der Waals surface area contributed by atoms with Crippen LogP contribution in [0.1, 0.15) is 30.2 Å². The number of aryl methyl sites for hydroxylation is 2. The molecule has 3 nitrogen and oxygen atoms in total. The number of benzene rings is 1. The number of aromatic nitrogens is 1. The van der Waals surface area contributed by atoms with E-state index in [2.05, 4.69) is 47.1 Å². The van der Waals surface area contributed by atoms with Gasteiger partial charge in [-0.05, 0) is 50.5 Å². The molecule has 3 rings (SSSR count). The number of rotatable bonds is 1. The number of para-hydroxylation sites is 1. The van der Waals surface area contributed by atoms with Crippen molar-refractivity contribution >= 4 is 11.5 Å². The molecule has 0 amide bonds. The topological polar surface area (TPSA) is 39.9 Å². The van der Waals surface area contributed by atoms with E-state index in [-0.39, 0.29) is 0 Å². The fraction of sp³-hybridized carbons (Fsp3) is 0.294. The summed E-state index contributed by atoms with van der Waals surface area (Å²) in [6.07, 6.45) is 2.21. The second-order valence-corrected chi connectivity index (χ2v) is 5.35. The summed E-state index contributed by atoms with van der Waals surface area (Å²) in [5.41, 5.74) is 4.12. The first-order valence-electron chi connectivity index (χ1n) is 6.95. The zero-order valence-corrected chi connectivity index (χ0v) is 11.8. The SMILES string of the molecule is Cc1cc(C#N)cc(N2c3ccccc3CCC2C)n1. The molecule has 0 bridgehead atoms. The van der Waals surface area contributed by atoms with Crippen LogP contribution in [-0.4, -0.2) is 11.0 Å². The van der Waals surface area contributed by atoms with Crippen molar-refractivity contribution in [2.24, 2.45) is 0 Å². The minimum Gasteiger partial charge on any atom is -0.323 e. The normalized spacial score (nSPS) is 17.4. The molecule has 1 aliphatic rings. The Hall–Kier alpha value is -2.34. The zero-order valence-electron chi connectivity index (χ0n) is 11.8. The number of anilines is 2. The molecule has 0 radical (unpaired) electrons. The Morgan fingerprint density at radius 2 is 2.10 bits per heavy atom.